The second-order valence-corrected chi connectivity index (χ2v) is 5.12. The molecule has 3 rings (SSSR count). The molecule has 0 amide bonds. The average molecular weight is 291 g/mol. The zero-order valence-electron chi connectivity index (χ0n) is 9.74. The molecule has 0 unspecified atom stereocenters. The van der Waals surface area contributed by atoms with E-state index in [1.54, 1.807) is 0 Å². The van der Waals surface area contributed by atoms with Gasteiger partial charge in [0.1, 0.15) is 11.6 Å². The molecule has 1 heterocycles. The van der Waals surface area contributed by atoms with Gasteiger partial charge in [0, 0.05) is 28.3 Å². The monoisotopic (exact) mass is 291 g/mol. The number of halogens is 2. The van der Waals surface area contributed by atoms with Gasteiger partial charge in [0.25, 0.3) is 0 Å². The van der Waals surface area contributed by atoms with Gasteiger partial charge in [-0.1, -0.05) is 0 Å². The molecule has 0 aliphatic heterocycles. The number of thiazole rings is 1. The summed E-state index contributed by atoms with van der Waals surface area (Å²) < 4.78 is 26.3. The topological polar surface area (TPSA) is 36.0 Å². The summed E-state index contributed by atoms with van der Waals surface area (Å²) in [7, 11) is 0. The van der Waals surface area contributed by atoms with Crippen LogP contribution in [-0.2, 0) is 0 Å². The van der Waals surface area contributed by atoms with Crippen molar-refractivity contribution in [2.45, 2.75) is 18.8 Å². The molecule has 88 valence electrons. The molecule has 1 aromatic carbocycles. The van der Waals surface area contributed by atoms with E-state index in [2.05, 4.69) is 4.98 Å². The molecular weight excluding hydrogens is 283 g/mol. The van der Waals surface area contributed by atoms with E-state index in [1.165, 1.54) is 17.4 Å². The molecule has 2 aromatic rings. The van der Waals surface area contributed by atoms with Gasteiger partial charge in [0.2, 0.25) is 0 Å². The summed E-state index contributed by atoms with van der Waals surface area (Å²) in [6.07, 6.45) is 2.08. The molecule has 0 spiro atoms. The third-order valence-electron chi connectivity index (χ3n) is 2.71. The number of benzene rings is 1. The minimum Gasteiger partial charge on any atom is -0.858 e. The fourth-order valence-corrected chi connectivity index (χ4v) is 2.82. The van der Waals surface area contributed by atoms with E-state index in [0.717, 1.165) is 30.0 Å². The van der Waals surface area contributed by atoms with E-state index < -0.39 is 17.5 Å². The zero-order chi connectivity index (χ0) is 12.0. The van der Waals surface area contributed by atoms with Crippen LogP contribution >= 0.6 is 11.3 Å². The van der Waals surface area contributed by atoms with E-state index in [9.17, 15) is 13.9 Å². The number of hydrogen-bond acceptors (Lipinski definition) is 3. The minimum absolute atomic E-state index is 0. The molecule has 1 saturated carbocycles. The van der Waals surface area contributed by atoms with Crippen molar-refractivity contribution >= 4 is 11.3 Å². The number of rotatable bonds is 2. The van der Waals surface area contributed by atoms with Gasteiger partial charge < -0.3 is 5.11 Å². The summed E-state index contributed by atoms with van der Waals surface area (Å²) in [5.41, 5.74) is 0.140. The van der Waals surface area contributed by atoms with E-state index in [-0.39, 0.29) is 61.8 Å². The van der Waals surface area contributed by atoms with Crippen LogP contribution in [-0.4, -0.2) is 4.98 Å². The van der Waals surface area contributed by atoms with Gasteiger partial charge in [-0.3, -0.25) is 4.98 Å². The molecule has 1 fully saturated rings. The van der Waals surface area contributed by atoms with Crippen molar-refractivity contribution in [3.05, 3.63) is 34.8 Å². The van der Waals surface area contributed by atoms with Gasteiger partial charge in [-0.05, 0) is 25.0 Å². The van der Waals surface area contributed by atoms with Crippen LogP contribution in [0.5, 0.6) is 5.88 Å². The number of hydrogen-bond donors (Lipinski definition) is 0. The Morgan fingerprint density at radius 3 is 2.61 bits per heavy atom. The summed E-state index contributed by atoms with van der Waals surface area (Å²) in [5.74, 6) is -1.41. The molecule has 0 radical (unpaired) electrons. The largest absolute Gasteiger partial charge is 1.00 e. The molecule has 0 atom stereocenters. The van der Waals surface area contributed by atoms with Gasteiger partial charge in [-0.25, -0.2) is 8.78 Å². The average Bonchev–Trinajstić information content (AvgIpc) is 3.04. The first-order valence-electron chi connectivity index (χ1n) is 5.28. The predicted octanol–water partition coefficient (Wildman–Crippen LogP) is 0.0433. The van der Waals surface area contributed by atoms with Crippen LogP contribution in [0.25, 0.3) is 10.4 Å². The number of nitrogens with zero attached hydrogens (tertiary/aromatic N) is 1. The number of aromatic nitrogens is 1. The fraction of sp³-hybridized carbons (Fsp3) is 0.250. The van der Waals surface area contributed by atoms with E-state index in [1.807, 2.05) is 0 Å². The van der Waals surface area contributed by atoms with Crippen LogP contribution in [0.2, 0.25) is 0 Å². The third kappa shape index (κ3) is 2.84. The first-order chi connectivity index (χ1) is 8.15. The smallest absolute Gasteiger partial charge is 0.858 e. The molecule has 18 heavy (non-hydrogen) atoms. The van der Waals surface area contributed by atoms with Crippen molar-refractivity contribution < 1.29 is 65.3 Å². The zero-order valence-corrected chi connectivity index (χ0v) is 13.7. The predicted molar refractivity (Wildman–Crippen MR) is 58.9 cm³/mol. The molecule has 1 aliphatic rings. The van der Waals surface area contributed by atoms with Crippen LogP contribution < -0.4 is 56.5 Å². The molecule has 1 aliphatic carbocycles. The minimum atomic E-state index is -0.715. The Labute approximate surface area is 149 Å². The van der Waals surface area contributed by atoms with Crippen molar-refractivity contribution in [1.29, 1.82) is 0 Å². The molecule has 2 nitrogen and oxygen atoms in total. The molecule has 0 N–H and O–H groups in total. The first-order valence-corrected chi connectivity index (χ1v) is 6.10. The SMILES string of the molecule is [K+].[O-]c1nc(C2CC2)sc1-c1ccc(F)cc1F. The Hall–Kier alpha value is 0.146. The Kier molecular flexibility index (Phi) is 4.56. The van der Waals surface area contributed by atoms with Crippen LogP contribution in [0.4, 0.5) is 8.78 Å². The Morgan fingerprint density at radius 2 is 2.00 bits per heavy atom. The summed E-state index contributed by atoms with van der Waals surface area (Å²) in [5, 5.41) is 12.4. The summed E-state index contributed by atoms with van der Waals surface area (Å²) in [6, 6.07) is 3.22. The first kappa shape index (κ1) is 14.6. The normalized spacial score (nSPS) is 14.3. The second-order valence-electron chi connectivity index (χ2n) is 4.08. The third-order valence-corrected chi connectivity index (χ3v) is 3.95. The maximum atomic E-state index is 13.5. The summed E-state index contributed by atoms with van der Waals surface area (Å²) >= 11 is 1.22. The van der Waals surface area contributed by atoms with Crippen molar-refractivity contribution in [3.8, 4) is 16.3 Å². The Bertz CT molecular complexity index is 583. The van der Waals surface area contributed by atoms with Gasteiger partial charge in [-0.2, -0.15) is 0 Å². The molecule has 6 heteroatoms. The summed E-state index contributed by atoms with van der Waals surface area (Å²) in [4.78, 5) is 4.18. The van der Waals surface area contributed by atoms with E-state index in [4.69, 9.17) is 0 Å². The van der Waals surface area contributed by atoms with Crippen LogP contribution in [0.1, 0.15) is 23.8 Å². The van der Waals surface area contributed by atoms with E-state index >= 15 is 0 Å². The quantitative estimate of drug-likeness (QED) is 0.733. The molecule has 0 bridgehead atoms. The van der Waals surface area contributed by atoms with E-state index in [0.29, 0.717) is 5.92 Å². The standard InChI is InChI=1S/C12H9F2NOS.K/c13-7-3-4-8(9(14)5-7)10-11(16)15-12(17-10)6-1-2-6;/h3-6,16H,1-2H2;/q;+1/p-1. The van der Waals surface area contributed by atoms with Gasteiger partial charge in [-0.15, -0.1) is 11.3 Å². The van der Waals surface area contributed by atoms with Crippen molar-refractivity contribution in [3.63, 3.8) is 0 Å². The van der Waals surface area contributed by atoms with Gasteiger partial charge in [0.15, 0.2) is 0 Å². The fourth-order valence-electron chi connectivity index (χ4n) is 1.67. The molecule has 0 saturated heterocycles. The second kappa shape index (κ2) is 5.64. The maximum absolute atomic E-state index is 13.5. The Morgan fingerprint density at radius 1 is 1.28 bits per heavy atom. The van der Waals surface area contributed by atoms with Crippen LogP contribution in [0, 0.1) is 11.6 Å². The van der Waals surface area contributed by atoms with Gasteiger partial charge >= 0.3 is 51.4 Å². The van der Waals surface area contributed by atoms with Crippen LogP contribution in [0.15, 0.2) is 18.2 Å². The van der Waals surface area contributed by atoms with Crippen LogP contribution in [0.3, 0.4) is 0 Å². The molecular formula is C12H8F2KNOS. The van der Waals surface area contributed by atoms with Crippen molar-refractivity contribution in [1.82, 2.24) is 4.98 Å². The van der Waals surface area contributed by atoms with Crippen molar-refractivity contribution in [2.24, 2.45) is 0 Å². The van der Waals surface area contributed by atoms with Crippen molar-refractivity contribution in [2.75, 3.05) is 0 Å². The summed E-state index contributed by atoms with van der Waals surface area (Å²) in [6.45, 7) is 0. The maximum Gasteiger partial charge on any atom is 1.00 e. The Balaban J connectivity index is 0.00000120. The molecule has 1 aromatic heterocycles. The van der Waals surface area contributed by atoms with Gasteiger partial charge in [0.05, 0.1) is 5.01 Å².